The van der Waals surface area contributed by atoms with E-state index >= 15 is 0 Å². The van der Waals surface area contributed by atoms with Crippen LogP contribution >= 0.6 is 0 Å². The van der Waals surface area contributed by atoms with E-state index in [2.05, 4.69) is 34.9 Å². The van der Waals surface area contributed by atoms with Gasteiger partial charge in [0.2, 0.25) is 0 Å². The second-order valence-corrected chi connectivity index (χ2v) is 4.45. The van der Waals surface area contributed by atoms with Gasteiger partial charge in [0.25, 0.3) is 0 Å². The van der Waals surface area contributed by atoms with Crippen LogP contribution in [0.5, 0.6) is 0 Å². The number of aryl methyl sites for hydroxylation is 1. The van der Waals surface area contributed by atoms with Crippen LogP contribution in [0.25, 0.3) is 0 Å². The van der Waals surface area contributed by atoms with Crippen LogP contribution in [-0.2, 0) is 12.8 Å². The molecule has 0 spiro atoms. The summed E-state index contributed by atoms with van der Waals surface area (Å²) in [6, 6.07) is 8.66. The number of benzene rings is 1. The lowest BCUT2D eigenvalue weighted by Gasteiger charge is -2.25. The molecule has 0 aromatic heterocycles. The molecule has 0 fully saturated rings. The van der Waals surface area contributed by atoms with Crippen LogP contribution in [0.1, 0.15) is 17.5 Å². The summed E-state index contributed by atoms with van der Waals surface area (Å²) >= 11 is 0. The molecule has 1 aliphatic carbocycles. The van der Waals surface area contributed by atoms with Gasteiger partial charge in [-0.05, 0) is 30.4 Å². The van der Waals surface area contributed by atoms with Crippen LogP contribution in [0.2, 0.25) is 0 Å². The number of carbonyl (C=O) groups is 1. The van der Waals surface area contributed by atoms with Gasteiger partial charge in [-0.3, -0.25) is 0 Å². The maximum absolute atomic E-state index is 10.5. The SMILES string of the molecule is NC(=O)NCCNC1CCc2ccccc2C1. The van der Waals surface area contributed by atoms with Crippen molar-refractivity contribution in [3.05, 3.63) is 35.4 Å². The zero-order valence-corrected chi connectivity index (χ0v) is 9.91. The molecule has 17 heavy (non-hydrogen) atoms. The Balaban J connectivity index is 1.76. The Hall–Kier alpha value is -1.55. The molecule has 4 N–H and O–H groups in total. The molecular weight excluding hydrogens is 214 g/mol. The van der Waals surface area contributed by atoms with E-state index in [0.29, 0.717) is 12.6 Å². The van der Waals surface area contributed by atoms with Crippen LogP contribution in [0.3, 0.4) is 0 Å². The van der Waals surface area contributed by atoms with E-state index < -0.39 is 6.03 Å². The molecule has 0 saturated carbocycles. The first-order valence-electron chi connectivity index (χ1n) is 6.09. The number of urea groups is 1. The van der Waals surface area contributed by atoms with Crippen LogP contribution < -0.4 is 16.4 Å². The average Bonchev–Trinajstić information content (AvgIpc) is 2.34. The maximum Gasteiger partial charge on any atom is 0.312 e. The average molecular weight is 233 g/mol. The monoisotopic (exact) mass is 233 g/mol. The lowest BCUT2D eigenvalue weighted by molar-refractivity contribution is 0.248. The molecule has 1 unspecified atom stereocenters. The fourth-order valence-electron chi connectivity index (χ4n) is 2.33. The van der Waals surface area contributed by atoms with E-state index in [-0.39, 0.29) is 0 Å². The first-order chi connectivity index (χ1) is 8.25. The van der Waals surface area contributed by atoms with E-state index in [1.807, 2.05) is 0 Å². The van der Waals surface area contributed by atoms with Gasteiger partial charge in [-0.2, -0.15) is 0 Å². The summed E-state index contributed by atoms with van der Waals surface area (Å²) in [5.41, 5.74) is 7.91. The molecule has 0 aliphatic heterocycles. The fraction of sp³-hybridized carbons (Fsp3) is 0.462. The summed E-state index contributed by atoms with van der Waals surface area (Å²) < 4.78 is 0. The number of rotatable bonds is 4. The summed E-state index contributed by atoms with van der Waals surface area (Å²) in [6.45, 7) is 1.36. The van der Waals surface area contributed by atoms with Gasteiger partial charge < -0.3 is 16.4 Å². The predicted octanol–water partition coefficient (Wildman–Crippen LogP) is 0.802. The zero-order valence-electron chi connectivity index (χ0n) is 9.91. The second kappa shape index (κ2) is 5.68. The first kappa shape index (κ1) is 11.9. The Labute approximate surface area is 102 Å². The van der Waals surface area contributed by atoms with E-state index in [9.17, 15) is 4.79 Å². The van der Waals surface area contributed by atoms with E-state index in [1.54, 1.807) is 0 Å². The lowest BCUT2D eigenvalue weighted by Crippen LogP contribution is -2.41. The summed E-state index contributed by atoms with van der Waals surface area (Å²) in [7, 11) is 0. The Morgan fingerprint density at radius 1 is 1.29 bits per heavy atom. The molecule has 2 rings (SSSR count). The lowest BCUT2D eigenvalue weighted by atomic mass is 9.88. The summed E-state index contributed by atoms with van der Waals surface area (Å²) in [4.78, 5) is 10.5. The summed E-state index contributed by atoms with van der Waals surface area (Å²) in [5, 5.41) is 6.03. The maximum atomic E-state index is 10.5. The highest BCUT2D eigenvalue weighted by Gasteiger charge is 2.16. The van der Waals surface area contributed by atoms with Gasteiger partial charge in [-0.25, -0.2) is 4.79 Å². The van der Waals surface area contributed by atoms with Crippen LogP contribution in [0.15, 0.2) is 24.3 Å². The van der Waals surface area contributed by atoms with Crippen molar-refractivity contribution in [3.63, 3.8) is 0 Å². The van der Waals surface area contributed by atoms with Crippen molar-refractivity contribution >= 4 is 6.03 Å². The highest BCUT2D eigenvalue weighted by molar-refractivity contribution is 5.71. The van der Waals surface area contributed by atoms with Crippen molar-refractivity contribution in [3.8, 4) is 0 Å². The third kappa shape index (κ3) is 3.46. The topological polar surface area (TPSA) is 67.2 Å². The number of primary amides is 1. The Bertz CT molecular complexity index is 392. The van der Waals surface area contributed by atoms with Gasteiger partial charge in [0.15, 0.2) is 0 Å². The molecule has 1 aromatic carbocycles. The molecule has 92 valence electrons. The Morgan fingerprint density at radius 2 is 2.06 bits per heavy atom. The minimum atomic E-state index is -0.458. The van der Waals surface area contributed by atoms with Crippen molar-refractivity contribution in [2.45, 2.75) is 25.3 Å². The van der Waals surface area contributed by atoms with Crippen LogP contribution in [0.4, 0.5) is 4.79 Å². The largest absolute Gasteiger partial charge is 0.352 e. The molecule has 4 heteroatoms. The number of hydrogen-bond donors (Lipinski definition) is 3. The van der Waals surface area contributed by atoms with Crippen LogP contribution in [-0.4, -0.2) is 25.2 Å². The molecule has 4 nitrogen and oxygen atoms in total. The molecule has 0 saturated heterocycles. The number of amides is 2. The molecule has 2 amide bonds. The molecular formula is C13H19N3O. The highest BCUT2D eigenvalue weighted by Crippen LogP contribution is 2.20. The Kier molecular flexibility index (Phi) is 3.98. The van der Waals surface area contributed by atoms with Crippen molar-refractivity contribution in [2.24, 2.45) is 5.73 Å². The summed E-state index contributed by atoms with van der Waals surface area (Å²) in [5.74, 6) is 0. The molecule has 1 aliphatic rings. The van der Waals surface area contributed by atoms with Gasteiger partial charge in [-0.1, -0.05) is 24.3 Å². The smallest absolute Gasteiger partial charge is 0.312 e. The minimum Gasteiger partial charge on any atom is -0.352 e. The van der Waals surface area contributed by atoms with Crippen molar-refractivity contribution in [2.75, 3.05) is 13.1 Å². The number of nitrogens with two attached hydrogens (primary N) is 1. The quantitative estimate of drug-likeness (QED) is 0.673. The number of hydrogen-bond acceptors (Lipinski definition) is 2. The third-order valence-corrected chi connectivity index (χ3v) is 3.20. The molecule has 0 radical (unpaired) electrons. The standard InChI is InChI=1S/C13H19N3O/c14-13(17)16-8-7-15-12-6-5-10-3-1-2-4-11(10)9-12/h1-4,12,15H,5-9H2,(H3,14,16,17). The van der Waals surface area contributed by atoms with Gasteiger partial charge in [-0.15, -0.1) is 0 Å². The summed E-state index contributed by atoms with van der Waals surface area (Å²) in [6.07, 6.45) is 3.37. The third-order valence-electron chi connectivity index (χ3n) is 3.20. The van der Waals surface area contributed by atoms with Gasteiger partial charge >= 0.3 is 6.03 Å². The van der Waals surface area contributed by atoms with Gasteiger partial charge in [0, 0.05) is 19.1 Å². The van der Waals surface area contributed by atoms with Crippen molar-refractivity contribution in [1.29, 1.82) is 0 Å². The minimum absolute atomic E-state index is 0.458. The van der Waals surface area contributed by atoms with Crippen LogP contribution in [0, 0.1) is 0 Å². The van der Waals surface area contributed by atoms with Crippen molar-refractivity contribution in [1.82, 2.24) is 10.6 Å². The van der Waals surface area contributed by atoms with E-state index in [4.69, 9.17) is 5.73 Å². The van der Waals surface area contributed by atoms with Gasteiger partial charge in [0.1, 0.15) is 0 Å². The van der Waals surface area contributed by atoms with E-state index in [1.165, 1.54) is 11.1 Å². The predicted molar refractivity (Wildman–Crippen MR) is 67.8 cm³/mol. The number of fused-ring (bicyclic) bond motifs is 1. The fourth-order valence-corrected chi connectivity index (χ4v) is 2.33. The molecule has 1 atom stereocenters. The molecule has 0 bridgehead atoms. The Morgan fingerprint density at radius 3 is 2.82 bits per heavy atom. The number of carbonyl (C=O) groups excluding carboxylic acids is 1. The first-order valence-corrected chi connectivity index (χ1v) is 6.09. The normalized spacial score (nSPS) is 18.5. The molecule has 1 aromatic rings. The molecule has 0 heterocycles. The number of nitrogens with one attached hydrogen (secondary N) is 2. The second-order valence-electron chi connectivity index (χ2n) is 4.45. The van der Waals surface area contributed by atoms with Crippen molar-refractivity contribution < 1.29 is 4.79 Å². The zero-order chi connectivity index (χ0) is 12.1. The van der Waals surface area contributed by atoms with E-state index in [0.717, 1.165) is 25.8 Å². The highest BCUT2D eigenvalue weighted by atomic mass is 16.2. The van der Waals surface area contributed by atoms with Gasteiger partial charge in [0.05, 0.1) is 0 Å².